The van der Waals surface area contributed by atoms with Crippen LogP contribution >= 0.6 is 23.4 Å². The van der Waals surface area contributed by atoms with Crippen LogP contribution in [-0.2, 0) is 5.75 Å². The van der Waals surface area contributed by atoms with Crippen LogP contribution < -0.4 is 0 Å². The molecule has 0 N–H and O–H groups in total. The van der Waals surface area contributed by atoms with Crippen molar-refractivity contribution in [1.82, 2.24) is 20.2 Å². The summed E-state index contributed by atoms with van der Waals surface area (Å²) in [6.45, 7) is 4.09. The zero-order chi connectivity index (χ0) is 16.4. The van der Waals surface area contributed by atoms with E-state index in [1.807, 2.05) is 32.0 Å². The van der Waals surface area contributed by atoms with E-state index in [1.54, 1.807) is 10.7 Å². The minimum atomic E-state index is -0.344. The van der Waals surface area contributed by atoms with E-state index in [9.17, 15) is 4.39 Å². The predicted molar refractivity (Wildman–Crippen MR) is 89.6 cm³/mol. The molecule has 1 heterocycles. The van der Waals surface area contributed by atoms with E-state index >= 15 is 0 Å². The molecule has 4 nitrogen and oxygen atoms in total. The summed E-state index contributed by atoms with van der Waals surface area (Å²) in [6, 6.07) is 10.4. The Morgan fingerprint density at radius 1 is 1.22 bits per heavy atom. The lowest BCUT2D eigenvalue weighted by atomic mass is 10.1. The highest BCUT2D eigenvalue weighted by Crippen LogP contribution is 2.28. The van der Waals surface area contributed by atoms with Gasteiger partial charge in [-0.05, 0) is 59.2 Å². The Bertz CT molecular complexity index is 850. The fourth-order valence-electron chi connectivity index (χ4n) is 2.17. The van der Waals surface area contributed by atoms with Crippen LogP contribution in [0.25, 0.3) is 5.69 Å². The molecule has 0 unspecified atom stereocenters. The van der Waals surface area contributed by atoms with Crippen LogP contribution in [0.2, 0.25) is 5.02 Å². The molecule has 0 atom stereocenters. The molecule has 0 spiro atoms. The lowest BCUT2D eigenvalue weighted by Crippen LogP contribution is -2.02. The van der Waals surface area contributed by atoms with E-state index in [2.05, 4.69) is 15.5 Å². The highest BCUT2D eigenvalue weighted by molar-refractivity contribution is 7.98. The van der Waals surface area contributed by atoms with Crippen LogP contribution in [0.5, 0.6) is 0 Å². The van der Waals surface area contributed by atoms with Crippen molar-refractivity contribution in [2.45, 2.75) is 24.8 Å². The summed E-state index contributed by atoms with van der Waals surface area (Å²) in [5.74, 6) is 0.216. The first kappa shape index (κ1) is 16.0. The second-order valence-corrected chi connectivity index (χ2v) is 6.47. The van der Waals surface area contributed by atoms with Crippen molar-refractivity contribution in [3.05, 3.63) is 63.9 Å². The van der Waals surface area contributed by atoms with Gasteiger partial charge in [-0.1, -0.05) is 41.6 Å². The summed E-state index contributed by atoms with van der Waals surface area (Å²) in [6.07, 6.45) is 0. The van der Waals surface area contributed by atoms with Gasteiger partial charge in [-0.2, -0.15) is 4.68 Å². The molecule has 23 heavy (non-hydrogen) atoms. The SMILES string of the molecule is Cc1cccc(-n2nnnc2SCc2ccc(F)cc2Cl)c1C. The summed E-state index contributed by atoms with van der Waals surface area (Å²) < 4.78 is 14.8. The van der Waals surface area contributed by atoms with Crippen molar-refractivity contribution < 1.29 is 4.39 Å². The Hall–Kier alpha value is -1.92. The van der Waals surface area contributed by atoms with E-state index in [0.717, 1.165) is 16.8 Å². The minimum Gasteiger partial charge on any atom is -0.207 e. The third kappa shape index (κ3) is 3.38. The lowest BCUT2D eigenvalue weighted by Gasteiger charge is -2.09. The molecule has 0 radical (unpaired) electrons. The molecule has 0 bridgehead atoms. The number of aromatic nitrogens is 4. The van der Waals surface area contributed by atoms with E-state index in [-0.39, 0.29) is 5.82 Å². The number of aryl methyl sites for hydroxylation is 1. The van der Waals surface area contributed by atoms with Gasteiger partial charge in [-0.3, -0.25) is 0 Å². The number of hydrogen-bond acceptors (Lipinski definition) is 4. The van der Waals surface area contributed by atoms with Gasteiger partial charge >= 0.3 is 0 Å². The van der Waals surface area contributed by atoms with Gasteiger partial charge in [0.05, 0.1) is 5.69 Å². The van der Waals surface area contributed by atoms with Gasteiger partial charge in [0.15, 0.2) is 0 Å². The van der Waals surface area contributed by atoms with Gasteiger partial charge in [0.2, 0.25) is 5.16 Å². The molecule has 118 valence electrons. The minimum absolute atomic E-state index is 0.344. The van der Waals surface area contributed by atoms with Crippen molar-refractivity contribution in [2.24, 2.45) is 0 Å². The second-order valence-electron chi connectivity index (χ2n) is 5.12. The maximum atomic E-state index is 13.1. The van der Waals surface area contributed by atoms with Gasteiger partial charge < -0.3 is 0 Å². The van der Waals surface area contributed by atoms with Gasteiger partial charge in [0.25, 0.3) is 0 Å². The van der Waals surface area contributed by atoms with Crippen LogP contribution in [0.1, 0.15) is 16.7 Å². The number of halogens is 2. The molecule has 0 fully saturated rings. The molecule has 0 saturated carbocycles. The molecular formula is C16H14ClFN4S. The van der Waals surface area contributed by atoms with E-state index in [1.165, 1.54) is 29.5 Å². The Kier molecular flexibility index (Phi) is 4.63. The fourth-order valence-corrected chi connectivity index (χ4v) is 3.37. The second kappa shape index (κ2) is 6.68. The van der Waals surface area contributed by atoms with Crippen LogP contribution in [-0.4, -0.2) is 20.2 Å². The zero-order valence-electron chi connectivity index (χ0n) is 12.6. The standard InChI is InChI=1S/C16H14ClFN4S/c1-10-4-3-5-15(11(10)2)22-16(19-20-21-22)23-9-12-6-7-13(18)8-14(12)17/h3-8H,9H2,1-2H3. The monoisotopic (exact) mass is 348 g/mol. The summed E-state index contributed by atoms with van der Waals surface area (Å²) in [7, 11) is 0. The molecule has 0 aliphatic heterocycles. The summed E-state index contributed by atoms with van der Waals surface area (Å²) in [4.78, 5) is 0. The first-order valence-corrected chi connectivity index (χ1v) is 8.34. The largest absolute Gasteiger partial charge is 0.214 e. The average molecular weight is 349 g/mol. The summed E-state index contributed by atoms with van der Waals surface area (Å²) >= 11 is 7.52. The van der Waals surface area contributed by atoms with Gasteiger partial charge in [0.1, 0.15) is 5.82 Å². The fraction of sp³-hybridized carbons (Fsp3) is 0.188. The topological polar surface area (TPSA) is 43.6 Å². The van der Waals surface area contributed by atoms with Crippen LogP contribution in [0.3, 0.4) is 0 Å². The number of tetrazole rings is 1. The highest BCUT2D eigenvalue weighted by atomic mass is 35.5. The number of benzene rings is 2. The molecular weight excluding hydrogens is 335 g/mol. The third-order valence-corrected chi connectivity index (χ3v) is 4.94. The Balaban J connectivity index is 1.85. The Labute approximate surface area is 142 Å². The maximum absolute atomic E-state index is 13.1. The molecule has 7 heteroatoms. The first-order valence-electron chi connectivity index (χ1n) is 6.98. The summed E-state index contributed by atoms with van der Waals surface area (Å²) in [5.41, 5.74) is 4.09. The van der Waals surface area contributed by atoms with Crippen molar-refractivity contribution in [2.75, 3.05) is 0 Å². The van der Waals surface area contributed by atoms with Gasteiger partial charge in [0, 0.05) is 10.8 Å². The molecule has 3 rings (SSSR count). The number of thioether (sulfide) groups is 1. The van der Waals surface area contributed by atoms with Gasteiger partial charge in [-0.15, -0.1) is 5.10 Å². The molecule has 0 amide bonds. The number of rotatable bonds is 4. The molecule has 1 aromatic heterocycles. The molecule has 0 aliphatic rings. The number of nitrogens with zero attached hydrogens (tertiary/aromatic N) is 4. The van der Waals surface area contributed by atoms with E-state index in [0.29, 0.717) is 15.9 Å². The molecule has 0 aliphatic carbocycles. The summed E-state index contributed by atoms with van der Waals surface area (Å²) in [5, 5.41) is 13.0. The molecule has 2 aromatic carbocycles. The van der Waals surface area contributed by atoms with Gasteiger partial charge in [-0.25, -0.2) is 4.39 Å². The number of hydrogen-bond donors (Lipinski definition) is 0. The Morgan fingerprint density at radius 3 is 2.83 bits per heavy atom. The quantitative estimate of drug-likeness (QED) is 0.657. The third-order valence-electron chi connectivity index (χ3n) is 3.62. The van der Waals surface area contributed by atoms with Crippen LogP contribution in [0.15, 0.2) is 41.6 Å². The van der Waals surface area contributed by atoms with Crippen LogP contribution in [0, 0.1) is 19.7 Å². The predicted octanol–water partition coefficient (Wildman–Crippen LogP) is 4.36. The van der Waals surface area contributed by atoms with Crippen LogP contribution in [0.4, 0.5) is 4.39 Å². The highest BCUT2D eigenvalue weighted by Gasteiger charge is 2.13. The maximum Gasteiger partial charge on any atom is 0.214 e. The van der Waals surface area contributed by atoms with Crippen molar-refractivity contribution in [1.29, 1.82) is 0 Å². The van der Waals surface area contributed by atoms with E-state index < -0.39 is 0 Å². The van der Waals surface area contributed by atoms with Crippen molar-refractivity contribution in [3.8, 4) is 5.69 Å². The smallest absolute Gasteiger partial charge is 0.207 e. The average Bonchev–Trinajstić information content (AvgIpc) is 2.97. The molecule has 0 saturated heterocycles. The Morgan fingerprint density at radius 2 is 2.04 bits per heavy atom. The lowest BCUT2D eigenvalue weighted by molar-refractivity contribution is 0.627. The first-order chi connectivity index (χ1) is 11.1. The zero-order valence-corrected chi connectivity index (χ0v) is 14.2. The van der Waals surface area contributed by atoms with E-state index in [4.69, 9.17) is 11.6 Å². The van der Waals surface area contributed by atoms with Crippen molar-refractivity contribution in [3.63, 3.8) is 0 Å². The normalized spacial score (nSPS) is 11.0. The van der Waals surface area contributed by atoms with Crippen molar-refractivity contribution >= 4 is 23.4 Å². The molecule has 3 aromatic rings.